The molecule has 0 radical (unpaired) electrons. The van der Waals surface area contributed by atoms with Crippen LogP contribution in [-0.2, 0) is 27.2 Å². The molecule has 10 nitrogen and oxygen atoms in total. The van der Waals surface area contributed by atoms with Crippen molar-refractivity contribution in [3.8, 4) is 0 Å². The number of nitrogens with one attached hydrogen (secondary N) is 3. The van der Waals surface area contributed by atoms with Gasteiger partial charge in [0.15, 0.2) is 0 Å². The van der Waals surface area contributed by atoms with Crippen molar-refractivity contribution in [3.63, 3.8) is 0 Å². The molecule has 0 aliphatic heterocycles. The minimum absolute atomic E-state index is 0.0467. The molecule has 0 unspecified atom stereocenters. The number of aromatic nitrogens is 1. The fourth-order valence-corrected chi connectivity index (χ4v) is 5.43. The average Bonchev–Trinajstić information content (AvgIpc) is 3.49. The molecule has 10 heteroatoms. The number of carbonyl (C=O) groups excluding carboxylic acids is 2. The lowest BCUT2D eigenvalue weighted by Crippen LogP contribution is -2.48. The predicted octanol–water partition coefficient (Wildman–Crippen LogP) is 4.51. The van der Waals surface area contributed by atoms with Crippen molar-refractivity contribution in [1.29, 1.82) is 0 Å². The van der Waals surface area contributed by atoms with E-state index in [-0.39, 0.29) is 32.2 Å². The third kappa shape index (κ3) is 5.52. The first-order valence-corrected chi connectivity index (χ1v) is 13.8. The van der Waals surface area contributed by atoms with Crippen molar-refractivity contribution >= 4 is 50.6 Å². The summed E-state index contributed by atoms with van der Waals surface area (Å²) in [6.07, 6.45) is 1.83. The Hall–Kier alpha value is -4.86. The lowest BCUT2D eigenvalue weighted by atomic mass is 9.98. The standard InChI is InChI=1S/C32H33N3O7/c1-16-19(4)41-29-18(3)30-24(14-23(16)29)17(2)21(32(40)42-30)9-10-27(36)35-26(31(39)33-12-11-28(37)38)13-20-15-34-25-8-6-5-7-22(20)25/h5-8,14-15,26,34H,9-13H2,1-4H3,(H,33,39)(H,35,36)(H,37,38)/t26-/m1/s1. The zero-order valence-corrected chi connectivity index (χ0v) is 24.0. The average molecular weight is 572 g/mol. The van der Waals surface area contributed by atoms with E-state index in [4.69, 9.17) is 13.9 Å². The zero-order valence-electron chi connectivity index (χ0n) is 24.0. The number of fused-ring (bicyclic) bond motifs is 3. The van der Waals surface area contributed by atoms with Crippen LogP contribution in [0.15, 0.2) is 50.2 Å². The summed E-state index contributed by atoms with van der Waals surface area (Å²) in [6.45, 7) is 7.52. The number of H-pyrrole nitrogens is 1. The largest absolute Gasteiger partial charge is 0.481 e. The van der Waals surface area contributed by atoms with Gasteiger partial charge < -0.3 is 29.6 Å². The molecule has 0 aliphatic rings. The molecule has 218 valence electrons. The normalized spacial score (nSPS) is 12.2. The monoisotopic (exact) mass is 571 g/mol. The molecular formula is C32H33N3O7. The maximum atomic E-state index is 13.1. The topological polar surface area (TPSA) is 155 Å². The second kappa shape index (κ2) is 11.6. The number of furan rings is 1. The summed E-state index contributed by atoms with van der Waals surface area (Å²) in [5.74, 6) is -1.14. The molecule has 2 aromatic carbocycles. The Morgan fingerprint density at radius 2 is 1.64 bits per heavy atom. The number of rotatable bonds is 10. The molecule has 5 aromatic rings. The molecule has 3 aromatic heterocycles. The number of carboxylic acid groups (broad SMARTS) is 1. The van der Waals surface area contributed by atoms with Crippen LogP contribution in [0.25, 0.3) is 32.8 Å². The van der Waals surface area contributed by atoms with E-state index < -0.39 is 29.5 Å². The van der Waals surface area contributed by atoms with Crippen molar-refractivity contribution < 1.29 is 28.3 Å². The van der Waals surface area contributed by atoms with Crippen molar-refractivity contribution in [1.82, 2.24) is 15.6 Å². The van der Waals surface area contributed by atoms with Gasteiger partial charge in [0.1, 0.15) is 23.0 Å². The summed E-state index contributed by atoms with van der Waals surface area (Å²) in [5, 5.41) is 17.0. The molecular weight excluding hydrogens is 538 g/mol. The van der Waals surface area contributed by atoms with Gasteiger partial charge in [-0.2, -0.15) is 0 Å². The fraction of sp³-hybridized carbons (Fsp3) is 0.312. The van der Waals surface area contributed by atoms with Gasteiger partial charge in [0, 0.05) is 58.4 Å². The van der Waals surface area contributed by atoms with Crippen LogP contribution in [0.4, 0.5) is 0 Å². The van der Waals surface area contributed by atoms with Crippen LogP contribution >= 0.6 is 0 Å². The Balaban J connectivity index is 1.36. The molecule has 0 aliphatic carbocycles. The summed E-state index contributed by atoms with van der Waals surface area (Å²) in [4.78, 5) is 53.3. The molecule has 2 amide bonds. The number of hydrogen-bond acceptors (Lipinski definition) is 6. The summed E-state index contributed by atoms with van der Waals surface area (Å²) < 4.78 is 11.6. The zero-order chi connectivity index (χ0) is 30.1. The fourth-order valence-electron chi connectivity index (χ4n) is 5.43. The summed E-state index contributed by atoms with van der Waals surface area (Å²) in [7, 11) is 0. The summed E-state index contributed by atoms with van der Waals surface area (Å²) in [5.41, 5.74) is 5.27. The number of aromatic amines is 1. The van der Waals surface area contributed by atoms with E-state index in [1.165, 1.54) is 0 Å². The summed E-state index contributed by atoms with van der Waals surface area (Å²) >= 11 is 0. The van der Waals surface area contributed by atoms with E-state index in [1.807, 2.05) is 58.0 Å². The SMILES string of the molecule is Cc1oc2c(C)c3oc(=O)c(CCC(=O)N[C@H](Cc4c[nH]c5ccccc45)C(=O)NCCC(=O)O)c(C)c3cc2c1C. The molecule has 42 heavy (non-hydrogen) atoms. The number of benzene rings is 2. The van der Waals surface area contributed by atoms with Crippen molar-refractivity contribution in [2.45, 2.75) is 59.4 Å². The van der Waals surface area contributed by atoms with Crippen LogP contribution in [0.5, 0.6) is 0 Å². The Bertz CT molecular complexity index is 1910. The molecule has 0 fully saturated rings. The second-order valence-corrected chi connectivity index (χ2v) is 10.6. The maximum Gasteiger partial charge on any atom is 0.339 e. The third-order valence-electron chi connectivity index (χ3n) is 7.94. The van der Waals surface area contributed by atoms with Gasteiger partial charge in [0.2, 0.25) is 11.8 Å². The number of carbonyl (C=O) groups is 3. The van der Waals surface area contributed by atoms with E-state index in [0.29, 0.717) is 16.7 Å². The lowest BCUT2D eigenvalue weighted by molar-refractivity contribution is -0.137. The number of para-hydroxylation sites is 1. The number of amides is 2. The molecule has 0 spiro atoms. The van der Waals surface area contributed by atoms with E-state index in [9.17, 15) is 19.2 Å². The van der Waals surface area contributed by atoms with Crippen LogP contribution in [0.2, 0.25) is 0 Å². The highest BCUT2D eigenvalue weighted by molar-refractivity contribution is 6.00. The highest BCUT2D eigenvalue weighted by atomic mass is 16.4. The second-order valence-electron chi connectivity index (χ2n) is 10.6. The number of hydrogen-bond donors (Lipinski definition) is 4. The van der Waals surface area contributed by atoms with Gasteiger partial charge in [0.25, 0.3) is 0 Å². The quantitative estimate of drug-likeness (QED) is 0.180. The van der Waals surface area contributed by atoms with E-state index >= 15 is 0 Å². The van der Waals surface area contributed by atoms with Gasteiger partial charge >= 0.3 is 11.6 Å². The van der Waals surface area contributed by atoms with Gasteiger partial charge in [-0.3, -0.25) is 14.4 Å². The van der Waals surface area contributed by atoms with Gasteiger partial charge in [-0.25, -0.2) is 4.79 Å². The van der Waals surface area contributed by atoms with Gasteiger partial charge in [-0.15, -0.1) is 0 Å². The Morgan fingerprint density at radius 3 is 2.40 bits per heavy atom. The maximum absolute atomic E-state index is 13.1. The van der Waals surface area contributed by atoms with Gasteiger partial charge in [0.05, 0.1) is 6.42 Å². The Labute approximate surface area is 241 Å². The van der Waals surface area contributed by atoms with Crippen LogP contribution < -0.4 is 16.3 Å². The molecule has 5 rings (SSSR count). The van der Waals surface area contributed by atoms with Crippen LogP contribution in [0.3, 0.4) is 0 Å². The minimum atomic E-state index is -1.04. The first-order valence-electron chi connectivity index (χ1n) is 13.8. The van der Waals surface area contributed by atoms with Crippen LogP contribution in [0, 0.1) is 27.7 Å². The van der Waals surface area contributed by atoms with Crippen molar-refractivity contribution in [2.24, 2.45) is 0 Å². The van der Waals surface area contributed by atoms with Gasteiger partial charge in [-0.05, 0) is 62.9 Å². The number of aryl methyl sites for hydroxylation is 4. The summed E-state index contributed by atoms with van der Waals surface area (Å²) in [6, 6.07) is 8.64. The number of aliphatic carboxylic acids is 1. The molecule has 0 saturated carbocycles. The Morgan fingerprint density at radius 1 is 0.929 bits per heavy atom. The van der Waals surface area contributed by atoms with Crippen LogP contribution in [-0.4, -0.2) is 40.5 Å². The van der Waals surface area contributed by atoms with Crippen LogP contribution in [0.1, 0.15) is 46.4 Å². The highest BCUT2D eigenvalue weighted by Gasteiger charge is 2.24. The predicted molar refractivity (Wildman–Crippen MR) is 159 cm³/mol. The molecule has 0 saturated heterocycles. The first-order chi connectivity index (χ1) is 20.0. The molecule has 3 heterocycles. The Kier molecular flexibility index (Phi) is 7.89. The molecule has 0 bridgehead atoms. The van der Waals surface area contributed by atoms with E-state index in [2.05, 4.69) is 15.6 Å². The van der Waals surface area contributed by atoms with Crippen molar-refractivity contribution in [3.05, 3.63) is 80.5 Å². The van der Waals surface area contributed by atoms with E-state index in [1.54, 1.807) is 6.20 Å². The lowest BCUT2D eigenvalue weighted by Gasteiger charge is -2.18. The van der Waals surface area contributed by atoms with Crippen molar-refractivity contribution in [2.75, 3.05) is 6.54 Å². The number of carboxylic acids is 1. The highest BCUT2D eigenvalue weighted by Crippen LogP contribution is 2.34. The third-order valence-corrected chi connectivity index (χ3v) is 7.94. The minimum Gasteiger partial charge on any atom is -0.481 e. The molecule has 1 atom stereocenters. The molecule has 4 N–H and O–H groups in total. The van der Waals surface area contributed by atoms with E-state index in [0.717, 1.165) is 49.7 Å². The first kappa shape index (κ1) is 28.7. The smallest absolute Gasteiger partial charge is 0.339 e. The van der Waals surface area contributed by atoms with Gasteiger partial charge in [-0.1, -0.05) is 18.2 Å².